The average Bonchev–Trinajstić information content (AvgIpc) is 2.85. The molecule has 0 saturated heterocycles. The molecule has 1 aromatic heterocycles. The monoisotopic (exact) mass is 295 g/mol. The smallest absolute Gasteiger partial charge is 0.335 e. The first-order valence-electron chi connectivity index (χ1n) is 5.73. The van der Waals surface area contributed by atoms with Crippen LogP contribution in [0.3, 0.4) is 0 Å². The number of hydrogen-bond acceptors (Lipinski definition) is 6. The lowest BCUT2D eigenvalue weighted by Crippen LogP contribution is -2.22. The summed E-state index contributed by atoms with van der Waals surface area (Å²) in [5, 5.41) is 9.05. The van der Waals surface area contributed by atoms with E-state index in [0.29, 0.717) is 5.56 Å². The van der Waals surface area contributed by atoms with Crippen LogP contribution in [0.25, 0.3) is 0 Å². The summed E-state index contributed by atoms with van der Waals surface area (Å²) in [6.07, 6.45) is 0.967. The molecule has 0 spiro atoms. The van der Waals surface area contributed by atoms with Crippen molar-refractivity contribution in [2.24, 2.45) is 0 Å². The van der Waals surface area contributed by atoms with Gasteiger partial charge in [0.25, 0.3) is 5.91 Å². The molecule has 0 saturated carbocycles. The molecule has 0 aliphatic heterocycles. The Hall–Kier alpha value is -2.22. The van der Waals surface area contributed by atoms with Crippen LogP contribution >= 0.6 is 0 Å². The number of sulfone groups is 1. The van der Waals surface area contributed by atoms with Gasteiger partial charge in [-0.15, -0.1) is 5.10 Å². The van der Waals surface area contributed by atoms with Crippen LogP contribution in [0.15, 0.2) is 33.9 Å². The van der Waals surface area contributed by atoms with Crippen molar-refractivity contribution in [2.45, 2.75) is 18.7 Å². The van der Waals surface area contributed by atoms with E-state index in [1.54, 1.807) is 12.1 Å². The Morgan fingerprint density at radius 3 is 2.45 bits per heavy atom. The maximum atomic E-state index is 11.8. The Labute approximate surface area is 115 Å². The van der Waals surface area contributed by atoms with E-state index in [1.807, 2.05) is 19.1 Å². The van der Waals surface area contributed by atoms with Gasteiger partial charge in [0.05, 0.1) is 6.54 Å². The SMILES string of the molecule is Cc1ccc(C(=O)NCc2nnc(S(C)(=O)=O)o2)cc1. The van der Waals surface area contributed by atoms with E-state index in [-0.39, 0.29) is 18.3 Å². The van der Waals surface area contributed by atoms with E-state index in [1.165, 1.54) is 0 Å². The predicted molar refractivity (Wildman–Crippen MR) is 69.8 cm³/mol. The molecular weight excluding hydrogens is 282 g/mol. The zero-order valence-corrected chi connectivity index (χ0v) is 11.8. The first-order valence-corrected chi connectivity index (χ1v) is 7.63. The van der Waals surface area contributed by atoms with E-state index in [9.17, 15) is 13.2 Å². The third-order valence-electron chi connectivity index (χ3n) is 2.48. The van der Waals surface area contributed by atoms with Gasteiger partial charge in [0.15, 0.2) is 0 Å². The molecule has 2 aromatic rings. The van der Waals surface area contributed by atoms with Gasteiger partial charge >= 0.3 is 5.22 Å². The second kappa shape index (κ2) is 5.41. The maximum absolute atomic E-state index is 11.8. The van der Waals surface area contributed by atoms with Crippen molar-refractivity contribution in [3.8, 4) is 0 Å². The third-order valence-corrected chi connectivity index (χ3v) is 3.28. The molecule has 0 aliphatic carbocycles. The Morgan fingerprint density at radius 1 is 1.25 bits per heavy atom. The van der Waals surface area contributed by atoms with Crippen LogP contribution in [0.2, 0.25) is 0 Å². The summed E-state index contributed by atoms with van der Waals surface area (Å²) in [6.45, 7) is 1.89. The number of rotatable bonds is 4. The van der Waals surface area contributed by atoms with Gasteiger partial charge in [-0.3, -0.25) is 4.79 Å². The van der Waals surface area contributed by atoms with Gasteiger partial charge in [-0.2, -0.15) is 0 Å². The van der Waals surface area contributed by atoms with Crippen LogP contribution in [-0.2, 0) is 16.4 Å². The van der Waals surface area contributed by atoms with E-state index >= 15 is 0 Å². The molecule has 106 valence electrons. The summed E-state index contributed by atoms with van der Waals surface area (Å²) in [4.78, 5) is 11.8. The molecule has 0 radical (unpaired) electrons. The van der Waals surface area contributed by atoms with Crippen LogP contribution in [0.5, 0.6) is 0 Å². The second-order valence-electron chi connectivity index (χ2n) is 4.28. The summed E-state index contributed by atoms with van der Waals surface area (Å²) in [5.74, 6) is -0.269. The van der Waals surface area contributed by atoms with E-state index in [4.69, 9.17) is 4.42 Å². The van der Waals surface area contributed by atoms with Gasteiger partial charge in [-0.25, -0.2) is 8.42 Å². The first-order chi connectivity index (χ1) is 9.36. The van der Waals surface area contributed by atoms with Crippen molar-refractivity contribution >= 4 is 15.7 Å². The van der Waals surface area contributed by atoms with Gasteiger partial charge < -0.3 is 9.73 Å². The number of carbonyl (C=O) groups is 1. The first kappa shape index (κ1) is 14.2. The van der Waals surface area contributed by atoms with Crippen molar-refractivity contribution in [3.63, 3.8) is 0 Å². The molecule has 1 N–H and O–H groups in total. The Balaban J connectivity index is 2.00. The van der Waals surface area contributed by atoms with Crippen molar-refractivity contribution < 1.29 is 17.6 Å². The van der Waals surface area contributed by atoms with Gasteiger partial charge in [0.1, 0.15) is 0 Å². The minimum atomic E-state index is -3.53. The Morgan fingerprint density at radius 2 is 1.90 bits per heavy atom. The minimum absolute atomic E-state index is 0.0325. The molecule has 1 aromatic carbocycles. The molecular formula is C12H13N3O4S. The topological polar surface area (TPSA) is 102 Å². The Bertz CT molecular complexity index is 719. The number of aromatic nitrogens is 2. The average molecular weight is 295 g/mol. The van der Waals surface area contributed by atoms with Crippen molar-refractivity contribution in [1.82, 2.24) is 15.5 Å². The lowest BCUT2D eigenvalue weighted by molar-refractivity contribution is 0.0946. The summed E-state index contributed by atoms with van der Waals surface area (Å²) in [6, 6.07) is 7.04. The number of aryl methyl sites for hydroxylation is 1. The molecule has 8 heteroatoms. The molecule has 2 rings (SSSR count). The van der Waals surface area contributed by atoms with Crippen LogP contribution < -0.4 is 5.32 Å². The molecule has 7 nitrogen and oxygen atoms in total. The number of nitrogens with zero attached hydrogens (tertiary/aromatic N) is 2. The van der Waals surface area contributed by atoms with Crippen molar-refractivity contribution in [2.75, 3.05) is 6.26 Å². The molecule has 0 fully saturated rings. The molecule has 1 heterocycles. The van der Waals surface area contributed by atoms with Gasteiger partial charge in [-0.05, 0) is 19.1 Å². The van der Waals surface area contributed by atoms with Crippen LogP contribution in [0.4, 0.5) is 0 Å². The number of carbonyl (C=O) groups excluding carboxylic acids is 1. The van der Waals surface area contributed by atoms with Crippen LogP contribution in [0.1, 0.15) is 21.8 Å². The molecule has 0 aliphatic rings. The second-order valence-corrected chi connectivity index (χ2v) is 6.18. The lowest BCUT2D eigenvalue weighted by atomic mass is 10.1. The molecule has 0 atom stereocenters. The predicted octanol–water partition coefficient (Wildman–Crippen LogP) is 0.712. The van der Waals surface area contributed by atoms with Crippen molar-refractivity contribution in [3.05, 3.63) is 41.3 Å². The number of benzene rings is 1. The summed E-state index contributed by atoms with van der Waals surface area (Å²) < 4.78 is 27.2. The Kier molecular flexibility index (Phi) is 3.84. The van der Waals surface area contributed by atoms with E-state index in [2.05, 4.69) is 15.5 Å². The lowest BCUT2D eigenvalue weighted by Gasteiger charge is -2.02. The highest BCUT2D eigenvalue weighted by atomic mass is 32.2. The molecule has 0 bridgehead atoms. The quantitative estimate of drug-likeness (QED) is 0.891. The summed E-state index contributed by atoms with van der Waals surface area (Å²) >= 11 is 0. The van der Waals surface area contributed by atoms with Gasteiger partial charge in [0, 0.05) is 11.8 Å². The molecule has 20 heavy (non-hydrogen) atoms. The van der Waals surface area contributed by atoms with Crippen LogP contribution in [0, 0.1) is 6.92 Å². The summed E-state index contributed by atoms with van der Waals surface area (Å²) in [5.41, 5.74) is 1.55. The standard InChI is InChI=1S/C12H13N3O4S/c1-8-3-5-9(6-4-8)11(16)13-7-10-14-15-12(19-10)20(2,17)18/h3-6H,7H2,1-2H3,(H,13,16). The summed E-state index contributed by atoms with van der Waals surface area (Å²) in [7, 11) is -3.53. The molecule has 1 amide bonds. The zero-order valence-electron chi connectivity index (χ0n) is 11.0. The van der Waals surface area contributed by atoms with E-state index < -0.39 is 15.1 Å². The van der Waals surface area contributed by atoms with Gasteiger partial charge in [-0.1, -0.05) is 22.8 Å². The normalized spacial score (nSPS) is 11.3. The van der Waals surface area contributed by atoms with Crippen molar-refractivity contribution in [1.29, 1.82) is 0 Å². The fraction of sp³-hybridized carbons (Fsp3) is 0.250. The number of amides is 1. The highest BCUT2D eigenvalue weighted by Gasteiger charge is 2.16. The number of nitrogens with one attached hydrogen (secondary N) is 1. The zero-order chi connectivity index (χ0) is 14.8. The number of hydrogen-bond donors (Lipinski definition) is 1. The highest BCUT2D eigenvalue weighted by Crippen LogP contribution is 2.07. The van der Waals surface area contributed by atoms with E-state index in [0.717, 1.165) is 11.8 Å². The fourth-order valence-corrected chi connectivity index (χ4v) is 1.86. The third kappa shape index (κ3) is 3.41. The highest BCUT2D eigenvalue weighted by molar-refractivity contribution is 7.90. The minimum Gasteiger partial charge on any atom is -0.411 e. The fourth-order valence-electron chi connectivity index (χ4n) is 1.42. The van der Waals surface area contributed by atoms with Crippen LogP contribution in [-0.4, -0.2) is 30.8 Å². The maximum Gasteiger partial charge on any atom is 0.335 e. The van der Waals surface area contributed by atoms with Gasteiger partial charge in [0.2, 0.25) is 15.7 Å². The largest absolute Gasteiger partial charge is 0.411 e. The molecule has 0 unspecified atom stereocenters.